The zero-order valence-corrected chi connectivity index (χ0v) is 15.2. The normalized spacial score (nSPS) is 20.4. The number of carbonyl (C=O) groups excluding carboxylic acids is 1. The number of aliphatic hydroxyl groups is 1. The van der Waals surface area contributed by atoms with Gasteiger partial charge in [-0.3, -0.25) is 4.31 Å². The number of phenols is 1. The summed E-state index contributed by atoms with van der Waals surface area (Å²) in [6.45, 7) is 2.06. The van der Waals surface area contributed by atoms with Gasteiger partial charge in [-0.05, 0) is 47.2 Å². The van der Waals surface area contributed by atoms with E-state index < -0.39 is 16.3 Å². The van der Waals surface area contributed by atoms with Gasteiger partial charge >= 0.3 is 10.2 Å². The number of hydrogen-bond donors (Lipinski definition) is 3. The molecule has 0 aromatic heterocycles. The number of hydrogen-bond acceptors (Lipinski definition) is 5. The van der Waals surface area contributed by atoms with E-state index in [1.54, 1.807) is 6.07 Å². The number of aldehydes is 1. The van der Waals surface area contributed by atoms with E-state index >= 15 is 0 Å². The van der Waals surface area contributed by atoms with E-state index in [0.717, 1.165) is 33.5 Å². The SMILES string of the molecule is CC(CO)CCc1ccc2cc(O)c(N3CC(C=O)NS3(=O)=O)cc2c1. The lowest BCUT2D eigenvalue weighted by molar-refractivity contribution is -0.108. The molecule has 1 aliphatic rings. The third-order valence-corrected chi connectivity index (χ3v) is 6.15. The second-order valence-electron chi connectivity index (χ2n) is 6.75. The quantitative estimate of drug-likeness (QED) is 0.658. The number of nitrogens with zero attached hydrogens (tertiary/aromatic N) is 1. The summed E-state index contributed by atoms with van der Waals surface area (Å²) in [6.07, 6.45) is 2.18. The zero-order chi connectivity index (χ0) is 18.9. The van der Waals surface area contributed by atoms with Gasteiger partial charge in [0.1, 0.15) is 12.0 Å². The minimum Gasteiger partial charge on any atom is -0.506 e. The minimum atomic E-state index is -3.86. The van der Waals surface area contributed by atoms with Crippen LogP contribution in [0.3, 0.4) is 0 Å². The van der Waals surface area contributed by atoms with Crippen molar-refractivity contribution in [2.75, 3.05) is 17.5 Å². The first-order valence-electron chi connectivity index (χ1n) is 8.46. The van der Waals surface area contributed by atoms with E-state index in [1.165, 1.54) is 6.07 Å². The molecule has 0 saturated carbocycles. The zero-order valence-electron chi connectivity index (χ0n) is 14.4. The maximum atomic E-state index is 12.2. The highest BCUT2D eigenvalue weighted by atomic mass is 32.2. The second-order valence-corrected chi connectivity index (χ2v) is 8.37. The van der Waals surface area contributed by atoms with Gasteiger partial charge in [-0.1, -0.05) is 25.1 Å². The number of nitrogens with one attached hydrogen (secondary N) is 1. The van der Waals surface area contributed by atoms with Gasteiger partial charge in [0.2, 0.25) is 0 Å². The fraction of sp³-hybridized carbons (Fsp3) is 0.389. The van der Waals surface area contributed by atoms with E-state index in [4.69, 9.17) is 5.11 Å². The molecule has 0 radical (unpaired) electrons. The lowest BCUT2D eigenvalue weighted by atomic mass is 9.99. The van der Waals surface area contributed by atoms with Crippen LogP contribution >= 0.6 is 0 Å². The van der Waals surface area contributed by atoms with Crippen LogP contribution in [0.25, 0.3) is 10.8 Å². The molecular formula is C18H22N2O5S. The number of fused-ring (bicyclic) bond motifs is 1. The minimum absolute atomic E-state index is 0.0569. The number of aliphatic hydroxyl groups excluding tert-OH is 1. The average molecular weight is 378 g/mol. The van der Waals surface area contributed by atoms with Gasteiger partial charge in [0.05, 0.1) is 18.3 Å². The van der Waals surface area contributed by atoms with E-state index in [0.29, 0.717) is 6.29 Å². The monoisotopic (exact) mass is 378 g/mol. The smallest absolute Gasteiger partial charge is 0.302 e. The molecule has 2 atom stereocenters. The molecular weight excluding hydrogens is 356 g/mol. The lowest BCUT2D eigenvalue weighted by Crippen LogP contribution is -2.30. The van der Waals surface area contributed by atoms with Gasteiger partial charge in [-0.2, -0.15) is 13.1 Å². The van der Waals surface area contributed by atoms with Crippen LogP contribution in [0.4, 0.5) is 5.69 Å². The molecule has 2 aromatic carbocycles. The molecule has 0 aliphatic carbocycles. The number of phenolic OH excluding ortho intramolecular Hbond substituents is 1. The average Bonchev–Trinajstić information content (AvgIpc) is 2.93. The van der Waals surface area contributed by atoms with Crippen LogP contribution < -0.4 is 9.03 Å². The standard InChI is InChI=1S/C18H22N2O5S/c1-12(10-21)2-3-13-4-5-14-8-18(23)17(7-15(14)6-13)20-9-16(11-22)19-26(20,24)25/h4-8,11-12,16,19,21,23H,2-3,9-10H2,1H3. The van der Waals surface area contributed by atoms with Crippen LogP contribution in [0.2, 0.25) is 0 Å². The van der Waals surface area contributed by atoms with Crippen LogP contribution in [0, 0.1) is 5.92 Å². The van der Waals surface area contributed by atoms with Crippen molar-refractivity contribution in [1.82, 2.24) is 4.72 Å². The van der Waals surface area contributed by atoms with Gasteiger partial charge < -0.3 is 15.0 Å². The number of aryl methyl sites for hydroxylation is 1. The Morgan fingerprint density at radius 1 is 1.31 bits per heavy atom. The largest absolute Gasteiger partial charge is 0.506 e. The molecule has 7 nitrogen and oxygen atoms in total. The topological polar surface area (TPSA) is 107 Å². The summed E-state index contributed by atoms with van der Waals surface area (Å²) in [4.78, 5) is 10.9. The van der Waals surface area contributed by atoms with Crippen molar-refractivity contribution in [3.05, 3.63) is 35.9 Å². The van der Waals surface area contributed by atoms with Crippen LogP contribution in [0.1, 0.15) is 18.9 Å². The van der Waals surface area contributed by atoms with Gasteiger partial charge in [-0.25, -0.2) is 0 Å². The molecule has 3 rings (SSSR count). The highest BCUT2D eigenvalue weighted by Crippen LogP contribution is 2.35. The Balaban J connectivity index is 1.96. The van der Waals surface area contributed by atoms with Gasteiger partial charge in [0.25, 0.3) is 0 Å². The summed E-state index contributed by atoms with van der Waals surface area (Å²) in [5.74, 6) is 0.0539. The lowest BCUT2D eigenvalue weighted by Gasteiger charge is -2.18. The Hall–Kier alpha value is -2.16. The Morgan fingerprint density at radius 2 is 2.08 bits per heavy atom. The Kier molecular flexibility index (Phi) is 5.17. The molecule has 1 aliphatic heterocycles. The van der Waals surface area contributed by atoms with Crippen molar-refractivity contribution in [3.8, 4) is 5.75 Å². The molecule has 140 valence electrons. The first-order chi connectivity index (χ1) is 12.3. The van der Waals surface area contributed by atoms with Gasteiger partial charge in [0, 0.05) is 6.61 Å². The van der Waals surface area contributed by atoms with Crippen molar-refractivity contribution >= 4 is 33.0 Å². The fourth-order valence-corrected chi connectivity index (χ4v) is 4.45. The van der Waals surface area contributed by atoms with E-state index in [2.05, 4.69) is 4.72 Å². The highest BCUT2D eigenvalue weighted by Gasteiger charge is 2.36. The van der Waals surface area contributed by atoms with Crippen LogP contribution in [-0.4, -0.2) is 44.1 Å². The fourth-order valence-electron chi connectivity index (χ4n) is 3.05. The van der Waals surface area contributed by atoms with Crippen LogP contribution in [0.5, 0.6) is 5.75 Å². The Labute approximate surface area is 152 Å². The van der Waals surface area contributed by atoms with Crippen molar-refractivity contribution < 1.29 is 23.4 Å². The number of benzene rings is 2. The molecule has 26 heavy (non-hydrogen) atoms. The molecule has 8 heteroatoms. The summed E-state index contributed by atoms with van der Waals surface area (Å²) >= 11 is 0. The third-order valence-electron chi connectivity index (χ3n) is 4.62. The number of carbonyl (C=O) groups is 1. The summed E-state index contributed by atoms with van der Waals surface area (Å²) in [6, 6.07) is 8.10. The number of aromatic hydroxyl groups is 1. The maximum Gasteiger partial charge on any atom is 0.302 e. The van der Waals surface area contributed by atoms with E-state index in [-0.39, 0.29) is 30.5 Å². The summed E-state index contributed by atoms with van der Waals surface area (Å²) in [5, 5.41) is 21.0. The first-order valence-corrected chi connectivity index (χ1v) is 9.90. The summed E-state index contributed by atoms with van der Waals surface area (Å²) in [7, 11) is -3.86. The first kappa shape index (κ1) is 18.6. The van der Waals surface area contributed by atoms with Gasteiger partial charge in [0.15, 0.2) is 0 Å². The summed E-state index contributed by atoms with van der Waals surface area (Å²) in [5.41, 5.74) is 1.22. The second kappa shape index (κ2) is 7.22. The molecule has 1 saturated heterocycles. The molecule has 3 N–H and O–H groups in total. The molecule has 1 heterocycles. The van der Waals surface area contributed by atoms with Crippen LogP contribution in [0.15, 0.2) is 30.3 Å². The van der Waals surface area contributed by atoms with Crippen molar-refractivity contribution in [2.24, 2.45) is 5.92 Å². The molecule has 2 aromatic rings. The Bertz CT molecular complexity index is 929. The Morgan fingerprint density at radius 3 is 2.73 bits per heavy atom. The van der Waals surface area contributed by atoms with E-state index in [9.17, 15) is 18.3 Å². The maximum absolute atomic E-state index is 12.2. The number of rotatable bonds is 6. The molecule has 2 unspecified atom stereocenters. The van der Waals surface area contributed by atoms with Crippen molar-refractivity contribution in [1.29, 1.82) is 0 Å². The molecule has 0 bridgehead atoms. The van der Waals surface area contributed by atoms with E-state index in [1.807, 2.05) is 25.1 Å². The van der Waals surface area contributed by atoms with Crippen molar-refractivity contribution in [3.63, 3.8) is 0 Å². The molecule has 0 amide bonds. The summed E-state index contributed by atoms with van der Waals surface area (Å²) < 4.78 is 27.7. The predicted molar refractivity (Wildman–Crippen MR) is 99.4 cm³/mol. The van der Waals surface area contributed by atoms with Crippen LogP contribution in [-0.2, 0) is 21.4 Å². The third kappa shape index (κ3) is 3.67. The highest BCUT2D eigenvalue weighted by molar-refractivity contribution is 7.91. The predicted octanol–water partition coefficient (Wildman–Crippen LogP) is 1.33. The van der Waals surface area contributed by atoms with Crippen molar-refractivity contribution in [2.45, 2.75) is 25.8 Å². The van der Waals surface area contributed by atoms with Gasteiger partial charge in [-0.15, -0.1) is 0 Å². The molecule has 0 spiro atoms. The molecule has 1 fully saturated rings. The number of anilines is 1.